The molecule has 0 amide bonds. The third kappa shape index (κ3) is 6.16. The Hall–Kier alpha value is -2.73. The first-order valence-corrected chi connectivity index (χ1v) is 9.45. The molecule has 2 N–H and O–H groups in total. The highest BCUT2D eigenvalue weighted by molar-refractivity contribution is 5.79. The zero-order valence-corrected chi connectivity index (χ0v) is 17.5. The lowest BCUT2D eigenvalue weighted by Crippen LogP contribution is -2.42. The van der Waals surface area contributed by atoms with Gasteiger partial charge in [-0.25, -0.2) is 0 Å². The summed E-state index contributed by atoms with van der Waals surface area (Å²) in [5.74, 6) is 2.56. The number of guanidine groups is 1. The van der Waals surface area contributed by atoms with Gasteiger partial charge in [-0.05, 0) is 49.8 Å². The topological polar surface area (TPSA) is 58.1 Å². The molecule has 0 aliphatic rings. The molecule has 0 aliphatic heterocycles. The second kappa shape index (κ2) is 11.2. The predicted octanol–water partition coefficient (Wildman–Crippen LogP) is 2.71. The van der Waals surface area contributed by atoms with E-state index in [1.54, 1.807) is 21.3 Å². The summed E-state index contributed by atoms with van der Waals surface area (Å²) < 4.78 is 10.8. The van der Waals surface area contributed by atoms with E-state index >= 15 is 0 Å². The van der Waals surface area contributed by atoms with Gasteiger partial charge in [0.05, 0.1) is 20.3 Å². The van der Waals surface area contributed by atoms with Gasteiger partial charge in [0.1, 0.15) is 11.5 Å². The normalized spacial score (nSPS) is 12.6. The minimum absolute atomic E-state index is 0.197. The first-order valence-electron chi connectivity index (χ1n) is 9.45. The number of para-hydroxylation sites is 1. The molecule has 0 spiro atoms. The average Bonchev–Trinajstić information content (AvgIpc) is 2.72. The van der Waals surface area contributed by atoms with Crippen molar-refractivity contribution in [1.29, 1.82) is 0 Å². The maximum atomic E-state index is 5.41. The molecule has 6 heteroatoms. The summed E-state index contributed by atoms with van der Waals surface area (Å²) in [4.78, 5) is 6.52. The Kier molecular flexibility index (Phi) is 8.62. The maximum absolute atomic E-state index is 5.41. The van der Waals surface area contributed by atoms with Crippen LogP contribution in [-0.4, -0.2) is 59.3 Å². The lowest BCUT2D eigenvalue weighted by Gasteiger charge is -2.26. The second-order valence-electron chi connectivity index (χ2n) is 6.70. The fourth-order valence-corrected chi connectivity index (χ4v) is 3.09. The summed E-state index contributed by atoms with van der Waals surface area (Å²) in [7, 11) is 9.32. The van der Waals surface area contributed by atoms with Gasteiger partial charge in [-0.15, -0.1) is 0 Å². The number of hydrogen-bond acceptors (Lipinski definition) is 4. The molecule has 0 fully saturated rings. The highest BCUT2D eigenvalue weighted by Crippen LogP contribution is 2.22. The van der Waals surface area contributed by atoms with Crippen LogP contribution in [0.4, 0.5) is 0 Å². The highest BCUT2D eigenvalue weighted by Gasteiger charge is 2.15. The summed E-state index contributed by atoms with van der Waals surface area (Å²) in [5.41, 5.74) is 2.37. The van der Waals surface area contributed by atoms with E-state index in [2.05, 4.69) is 52.8 Å². The lowest BCUT2D eigenvalue weighted by atomic mass is 10.1. The van der Waals surface area contributed by atoms with Crippen LogP contribution in [0.3, 0.4) is 0 Å². The quantitative estimate of drug-likeness (QED) is 0.514. The van der Waals surface area contributed by atoms with Gasteiger partial charge in [0.15, 0.2) is 5.96 Å². The summed E-state index contributed by atoms with van der Waals surface area (Å²) in [6.45, 7) is 1.50. The first kappa shape index (κ1) is 21.6. The van der Waals surface area contributed by atoms with Crippen LogP contribution in [0, 0.1) is 0 Å². The van der Waals surface area contributed by atoms with E-state index in [-0.39, 0.29) is 6.04 Å². The molecule has 2 aromatic carbocycles. The van der Waals surface area contributed by atoms with E-state index in [1.165, 1.54) is 11.1 Å². The third-order valence-corrected chi connectivity index (χ3v) is 4.67. The predicted molar refractivity (Wildman–Crippen MR) is 115 cm³/mol. The number of likely N-dealkylation sites (N-methyl/N-ethyl adjacent to an activating group) is 1. The Morgan fingerprint density at radius 3 is 2.50 bits per heavy atom. The molecule has 0 radical (unpaired) electrons. The van der Waals surface area contributed by atoms with Crippen molar-refractivity contribution in [2.75, 3.05) is 48.5 Å². The van der Waals surface area contributed by atoms with Crippen LogP contribution < -0.4 is 20.1 Å². The zero-order chi connectivity index (χ0) is 20.4. The van der Waals surface area contributed by atoms with Gasteiger partial charge in [-0.3, -0.25) is 4.99 Å². The molecule has 0 bridgehead atoms. The molecule has 28 heavy (non-hydrogen) atoms. The Balaban J connectivity index is 1.92. The van der Waals surface area contributed by atoms with E-state index in [4.69, 9.17) is 9.47 Å². The van der Waals surface area contributed by atoms with Crippen LogP contribution in [0.2, 0.25) is 0 Å². The van der Waals surface area contributed by atoms with Crippen molar-refractivity contribution in [3.8, 4) is 11.5 Å². The third-order valence-electron chi connectivity index (χ3n) is 4.67. The van der Waals surface area contributed by atoms with Gasteiger partial charge in [0, 0.05) is 20.1 Å². The minimum Gasteiger partial charge on any atom is -0.497 e. The number of aliphatic imine (C=N–C) groups is 1. The molecule has 0 aromatic heterocycles. The Morgan fingerprint density at radius 2 is 1.82 bits per heavy atom. The number of hydrogen-bond donors (Lipinski definition) is 2. The van der Waals surface area contributed by atoms with Crippen molar-refractivity contribution >= 4 is 5.96 Å². The van der Waals surface area contributed by atoms with Gasteiger partial charge < -0.3 is 25.0 Å². The van der Waals surface area contributed by atoms with Gasteiger partial charge >= 0.3 is 0 Å². The molecule has 1 atom stereocenters. The Morgan fingerprint density at radius 1 is 1.04 bits per heavy atom. The molecular weight excluding hydrogens is 352 g/mol. The summed E-state index contributed by atoms with van der Waals surface area (Å²) in [6.07, 6.45) is 0.859. The van der Waals surface area contributed by atoms with Gasteiger partial charge in [-0.2, -0.15) is 0 Å². The number of ether oxygens (including phenoxy) is 2. The van der Waals surface area contributed by atoms with Crippen molar-refractivity contribution in [3.05, 3.63) is 59.7 Å². The fourth-order valence-electron chi connectivity index (χ4n) is 3.09. The van der Waals surface area contributed by atoms with E-state index in [0.29, 0.717) is 0 Å². The maximum Gasteiger partial charge on any atom is 0.191 e. The van der Waals surface area contributed by atoms with E-state index < -0.39 is 0 Å². The Bertz CT molecular complexity index is 762. The van der Waals surface area contributed by atoms with Crippen LogP contribution in [0.25, 0.3) is 0 Å². The highest BCUT2D eigenvalue weighted by atomic mass is 16.5. The number of methoxy groups -OCH3 is 2. The molecular formula is C22H32N4O2. The van der Waals surface area contributed by atoms with E-state index in [0.717, 1.165) is 37.0 Å². The molecule has 0 aliphatic carbocycles. The van der Waals surface area contributed by atoms with Crippen molar-refractivity contribution < 1.29 is 9.47 Å². The lowest BCUT2D eigenvalue weighted by molar-refractivity contribution is 0.297. The molecule has 2 aromatic rings. The SMILES string of the molecule is CN=C(NCCc1ccccc1OC)NCC(c1cccc(OC)c1)N(C)C. The summed E-state index contributed by atoms with van der Waals surface area (Å²) in [5, 5.41) is 6.80. The van der Waals surface area contributed by atoms with Crippen LogP contribution in [0.1, 0.15) is 17.2 Å². The average molecular weight is 385 g/mol. The van der Waals surface area contributed by atoms with Gasteiger partial charge in [0.25, 0.3) is 0 Å². The number of nitrogens with one attached hydrogen (secondary N) is 2. The molecule has 6 nitrogen and oxygen atoms in total. The number of rotatable bonds is 9. The Labute approximate surface area is 168 Å². The molecule has 0 saturated heterocycles. The second-order valence-corrected chi connectivity index (χ2v) is 6.70. The number of benzene rings is 2. The van der Waals surface area contributed by atoms with Crippen molar-refractivity contribution in [2.24, 2.45) is 4.99 Å². The van der Waals surface area contributed by atoms with Crippen LogP contribution in [-0.2, 0) is 6.42 Å². The standard InChI is InChI=1S/C22H32N4O2/c1-23-22(24-14-13-17-9-6-7-12-21(17)28-5)25-16-20(26(2)3)18-10-8-11-19(15-18)27-4/h6-12,15,20H,13-14,16H2,1-5H3,(H2,23,24,25). The van der Waals surface area contributed by atoms with E-state index in [9.17, 15) is 0 Å². The van der Waals surface area contributed by atoms with Crippen molar-refractivity contribution in [3.63, 3.8) is 0 Å². The smallest absolute Gasteiger partial charge is 0.191 e. The van der Waals surface area contributed by atoms with E-state index in [1.807, 2.05) is 30.3 Å². The zero-order valence-electron chi connectivity index (χ0n) is 17.5. The van der Waals surface area contributed by atoms with Crippen LogP contribution >= 0.6 is 0 Å². The molecule has 152 valence electrons. The van der Waals surface area contributed by atoms with Gasteiger partial charge in [0.2, 0.25) is 0 Å². The van der Waals surface area contributed by atoms with Crippen LogP contribution in [0.15, 0.2) is 53.5 Å². The molecule has 1 unspecified atom stereocenters. The molecule has 2 rings (SSSR count). The summed E-state index contributed by atoms with van der Waals surface area (Å²) >= 11 is 0. The minimum atomic E-state index is 0.197. The summed E-state index contributed by atoms with van der Waals surface area (Å²) in [6, 6.07) is 16.4. The molecule has 0 heterocycles. The largest absolute Gasteiger partial charge is 0.497 e. The fraction of sp³-hybridized carbons (Fsp3) is 0.409. The van der Waals surface area contributed by atoms with Crippen LogP contribution in [0.5, 0.6) is 11.5 Å². The van der Waals surface area contributed by atoms with Crippen molar-refractivity contribution in [2.45, 2.75) is 12.5 Å². The monoisotopic (exact) mass is 384 g/mol. The first-order chi connectivity index (χ1) is 13.6. The van der Waals surface area contributed by atoms with Crippen molar-refractivity contribution in [1.82, 2.24) is 15.5 Å². The van der Waals surface area contributed by atoms with Gasteiger partial charge in [-0.1, -0.05) is 30.3 Å². The number of nitrogens with zero attached hydrogens (tertiary/aromatic N) is 2. The molecule has 0 saturated carbocycles.